The molecule has 0 radical (unpaired) electrons. The van der Waals surface area contributed by atoms with Crippen LogP contribution in [0.5, 0.6) is 5.75 Å². The first-order chi connectivity index (χ1) is 13.6. The maximum atomic E-state index is 12.9. The Balaban J connectivity index is 1.47. The zero-order valence-electron chi connectivity index (χ0n) is 15.1. The van der Waals surface area contributed by atoms with Gasteiger partial charge in [-0.15, -0.1) is 10.2 Å². The largest absolute Gasteiger partial charge is 0.492 e. The molecule has 0 aliphatic heterocycles. The molecule has 0 atom stereocenters. The summed E-state index contributed by atoms with van der Waals surface area (Å²) < 4.78 is 19.2. The van der Waals surface area contributed by atoms with E-state index in [0.717, 1.165) is 15.8 Å². The van der Waals surface area contributed by atoms with Gasteiger partial charge in [0.05, 0.1) is 12.3 Å². The molecular weight excluding hydrogens is 399 g/mol. The summed E-state index contributed by atoms with van der Waals surface area (Å²) in [4.78, 5) is 12.0. The van der Waals surface area contributed by atoms with E-state index in [0.29, 0.717) is 29.6 Å². The van der Waals surface area contributed by atoms with Crippen LogP contribution in [0, 0.1) is 5.82 Å². The fraction of sp³-hybridized carbons (Fsp3) is 0.211. The van der Waals surface area contributed by atoms with Crippen molar-refractivity contribution >= 4 is 45.5 Å². The summed E-state index contributed by atoms with van der Waals surface area (Å²) in [6, 6.07) is 13.3. The number of hydrogen-bond acceptors (Lipinski definition) is 7. The number of carbonyl (C=O) groups excluding carboxylic acids is 1. The van der Waals surface area contributed by atoms with Crippen molar-refractivity contribution < 1.29 is 13.9 Å². The molecule has 0 unspecified atom stereocenters. The average Bonchev–Trinajstić information content (AvgIpc) is 3.13. The number of benzene rings is 2. The van der Waals surface area contributed by atoms with E-state index in [4.69, 9.17) is 4.74 Å². The van der Waals surface area contributed by atoms with Crippen LogP contribution >= 0.6 is 23.1 Å². The summed E-state index contributed by atoms with van der Waals surface area (Å²) in [7, 11) is 0. The summed E-state index contributed by atoms with van der Waals surface area (Å²) in [5.74, 6) is 0.856. The number of halogens is 1. The predicted octanol–water partition coefficient (Wildman–Crippen LogP) is 4.94. The Hall–Kier alpha value is -2.65. The second kappa shape index (κ2) is 10.0. The number of nitrogens with one attached hydrogen (secondary N) is 2. The molecule has 2 aromatic carbocycles. The number of ether oxygens (including phenoxy) is 1. The molecule has 6 nitrogen and oxygen atoms in total. The van der Waals surface area contributed by atoms with Crippen LogP contribution in [0.1, 0.15) is 13.3 Å². The van der Waals surface area contributed by atoms with Gasteiger partial charge < -0.3 is 15.4 Å². The van der Waals surface area contributed by atoms with Crippen molar-refractivity contribution in [1.29, 1.82) is 0 Å². The highest BCUT2D eigenvalue weighted by Crippen LogP contribution is 2.31. The Kier molecular flexibility index (Phi) is 7.21. The van der Waals surface area contributed by atoms with Gasteiger partial charge in [-0.2, -0.15) is 0 Å². The lowest BCUT2D eigenvalue weighted by Gasteiger charge is -2.09. The number of hydrogen-bond donors (Lipinski definition) is 2. The van der Waals surface area contributed by atoms with Gasteiger partial charge in [-0.3, -0.25) is 4.79 Å². The maximum absolute atomic E-state index is 12.9. The molecule has 0 aliphatic carbocycles. The molecule has 0 saturated heterocycles. The fourth-order valence-corrected chi connectivity index (χ4v) is 4.05. The van der Waals surface area contributed by atoms with Gasteiger partial charge in [0.2, 0.25) is 11.0 Å². The van der Waals surface area contributed by atoms with Crippen LogP contribution < -0.4 is 15.4 Å². The van der Waals surface area contributed by atoms with Crippen LogP contribution in [0.3, 0.4) is 0 Å². The van der Waals surface area contributed by atoms with Crippen molar-refractivity contribution in [2.75, 3.05) is 23.0 Å². The second-order valence-electron chi connectivity index (χ2n) is 5.58. The van der Waals surface area contributed by atoms with Crippen molar-refractivity contribution in [3.63, 3.8) is 0 Å². The van der Waals surface area contributed by atoms with Gasteiger partial charge in [-0.25, -0.2) is 4.39 Å². The monoisotopic (exact) mass is 418 g/mol. The van der Waals surface area contributed by atoms with Crippen LogP contribution in [-0.4, -0.2) is 28.5 Å². The summed E-state index contributed by atoms with van der Waals surface area (Å²) in [5, 5.41) is 14.9. The molecule has 1 amide bonds. The number of aromatic nitrogens is 2. The molecule has 2 N–H and O–H groups in total. The van der Waals surface area contributed by atoms with Gasteiger partial charge in [0.1, 0.15) is 11.6 Å². The van der Waals surface area contributed by atoms with Gasteiger partial charge in [-0.1, -0.05) is 35.2 Å². The average molecular weight is 419 g/mol. The van der Waals surface area contributed by atoms with Gasteiger partial charge in [0.15, 0.2) is 4.34 Å². The number of amides is 1. The minimum Gasteiger partial charge on any atom is -0.492 e. The summed E-state index contributed by atoms with van der Waals surface area (Å²) >= 11 is 2.87. The summed E-state index contributed by atoms with van der Waals surface area (Å²) in [6.07, 6.45) is 0.317. The minimum absolute atomic E-state index is 0.132. The molecule has 0 aliphatic rings. The molecule has 1 heterocycles. The first-order valence-corrected chi connectivity index (χ1v) is 10.4. The van der Waals surface area contributed by atoms with E-state index >= 15 is 0 Å². The third-order valence-corrected chi connectivity index (χ3v) is 5.49. The van der Waals surface area contributed by atoms with E-state index < -0.39 is 0 Å². The number of thioether (sulfide) groups is 1. The topological polar surface area (TPSA) is 76.1 Å². The molecule has 0 bridgehead atoms. The van der Waals surface area contributed by atoms with Gasteiger partial charge >= 0.3 is 0 Å². The first-order valence-electron chi connectivity index (χ1n) is 8.64. The van der Waals surface area contributed by atoms with E-state index in [1.807, 2.05) is 31.2 Å². The van der Waals surface area contributed by atoms with E-state index in [2.05, 4.69) is 20.8 Å². The molecule has 0 saturated carbocycles. The SMILES string of the molecule is CCOc1ccccc1Nc1nnc(SCCC(=O)Nc2ccc(F)cc2)s1. The molecule has 3 rings (SSSR count). The third-order valence-electron chi connectivity index (χ3n) is 3.52. The van der Waals surface area contributed by atoms with Crippen LogP contribution in [0.2, 0.25) is 0 Å². The van der Waals surface area contributed by atoms with E-state index in [-0.39, 0.29) is 11.7 Å². The Labute approximate surface area is 170 Å². The summed E-state index contributed by atoms with van der Waals surface area (Å²) in [5.41, 5.74) is 1.41. The first kappa shape index (κ1) is 20.1. The van der Waals surface area contributed by atoms with Gasteiger partial charge in [-0.05, 0) is 43.3 Å². The standard InChI is InChI=1S/C19H19FN4O2S2/c1-2-26-16-6-4-3-5-15(16)22-18-23-24-19(28-18)27-12-11-17(25)21-14-9-7-13(20)8-10-14/h3-10H,2,11-12H2,1H3,(H,21,25)(H,22,23). The van der Waals surface area contributed by atoms with E-state index in [1.165, 1.54) is 47.4 Å². The number of para-hydroxylation sites is 2. The quantitative estimate of drug-likeness (QED) is 0.479. The number of anilines is 3. The van der Waals surface area contributed by atoms with Crippen molar-refractivity contribution in [1.82, 2.24) is 10.2 Å². The zero-order chi connectivity index (χ0) is 19.8. The number of carbonyl (C=O) groups is 1. The normalized spacial score (nSPS) is 10.5. The smallest absolute Gasteiger partial charge is 0.225 e. The third kappa shape index (κ3) is 5.93. The summed E-state index contributed by atoms with van der Waals surface area (Å²) in [6.45, 7) is 2.51. The second-order valence-corrected chi connectivity index (χ2v) is 7.90. The van der Waals surface area contributed by atoms with Crippen LogP contribution in [-0.2, 0) is 4.79 Å². The number of rotatable bonds is 9. The Morgan fingerprint density at radius 2 is 1.96 bits per heavy atom. The number of nitrogens with zero attached hydrogens (tertiary/aromatic N) is 2. The van der Waals surface area contributed by atoms with E-state index in [9.17, 15) is 9.18 Å². The molecule has 9 heteroatoms. The highest BCUT2D eigenvalue weighted by atomic mass is 32.2. The maximum Gasteiger partial charge on any atom is 0.225 e. The molecule has 1 aromatic heterocycles. The van der Waals surface area contributed by atoms with Crippen molar-refractivity contribution in [2.24, 2.45) is 0 Å². The van der Waals surface area contributed by atoms with Gasteiger partial charge in [0.25, 0.3) is 0 Å². The minimum atomic E-state index is -0.335. The Bertz CT molecular complexity index is 918. The Morgan fingerprint density at radius 3 is 2.75 bits per heavy atom. The molecule has 0 fully saturated rings. The van der Waals surface area contributed by atoms with E-state index in [1.54, 1.807) is 0 Å². The zero-order valence-corrected chi connectivity index (χ0v) is 16.8. The van der Waals surface area contributed by atoms with Crippen LogP contribution in [0.25, 0.3) is 0 Å². The van der Waals surface area contributed by atoms with Crippen molar-refractivity contribution in [2.45, 2.75) is 17.7 Å². The lowest BCUT2D eigenvalue weighted by atomic mass is 10.3. The molecular formula is C19H19FN4O2S2. The van der Waals surface area contributed by atoms with Crippen LogP contribution in [0.15, 0.2) is 52.9 Å². The lowest BCUT2D eigenvalue weighted by molar-refractivity contribution is -0.115. The molecule has 0 spiro atoms. The van der Waals surface area contributed by atoms with Crippen LogP contribution in [0.4, 0.5) is 20.9 Å². The van der Waals surface area contributed by atoms with Gasteiger partial charge in [0, 0.05) is 17.9 Å². The molecule has 3 aromatic rings. The fourth-order valence-electron chi connectivity index (χ4n) is 2.27. The van der Waals surface area contributed by atoms with Crippen molar-refractivity contribution in [3.05, 3.63) is 54.3 Å². The van der Waals surface area contributed by atoms with Crippen molar-refractivity contribution in [3.8, 4) is 5.75 Å². The molecule has 28 heavy (non-hydrogen) atoms. The Morgan fingerprint density at radius 1 is 1.18 bits per heavy atom. The molecule has 146 valence electrons. The highest BCUT2D eigenvalue weighted by molar-refractivity contribution is 8.01. The lowest BCUT2D eigenvalue weighted by Crippen LogP contribution is -2.12. The predicted molar refractivity (Wildman–Crippen MR) is 111 cm³/mol. The highest BCUT2D eigenvalue weighted by Gasteiger charge is 2.09.